The van der Waals surface area contributed by atoms with E-state index in [9.17, 15) is 0 Å². The van der Waals surface area contributed by atoms with Crippen molar-refractivity contribution >= 4 is 21.7 Å². The maximum atomic E-state index is 5.26. The number of fused-ring (bicyclic) bond motifs is 2. The summed E-state index contributed by atoms with van der Waals surface area (Å²) in [6.07, 6.45) is 0. The minimum Gasteiger partial charge on any atom is -0.228 e. The summed E-state index contributed by atoms with van der Waals surface area (Å²) in [4.78, 5) is 10.4. The van der Waals surface area contributed by atoms with Gasteiger partial charge in [-0.3, -0.25) is 0 Å². The summed E-state index contributed by atoms with van der Waals surface area (Å²) in [7, 11) is 0. The van der Waals surface area contributed by atoms with Crippen molar-refractivity contribution in [2.75, 3.05) is 0 Å². The quantitative estimate of drug-likeness (QED) is 0.164. The molecule has 10 aromatic rings. The Morgan fingerprint density at radius 1 is 0.250 bits per heavy atom. The maximum absolute atomic E-state index is 5.26. The highest BCUT2D eigenvalue weighted by molar-refractivity contribution is 5.98. The molecule has 2 nitrogen and oxygen atoms in total. The van der Waals surface area contributed by atoms with Crippen LogP contribution in [0.2, 0.25) is 0 Å². The van der Waals surface area contributed by atoms with E-state index in [-0.39, 0.29) is 0 Å². The van der Waals surface area contributed by atoms with E-state index >= 15 is 0 Å². The van der Waals surface area contributed by atoms with E-state index in [1.165, 1.54) is 55.3 Å². The molecule has 0 aliphatic heterocycles. The molecular formula is C54H36N2. The Kier molecular flexibility index (Phi) is 8.55. The van der Waals surface area contributed by atoms with Crippen LogP contribution in [0, 0.1) is 0 Å². The van der Waals surface area contributed by atoms with Crippen LogP contribution in [-0.4, -0.2) is 9.97 Å². The molecule has 10 rings (SSSR count). The highest BCUT2D eigenvalue weighted by Crippen LogP contribution is 2.37. The molecule has 2 heteroatoms. The third-order valence-electron chi connectivity index (χ3n) is 10.7. The van der Waals surface area contributed by atoms with Crippen molar-refractivity contribution in [1.29, 1.82) is 0 Å². The summed E-state index contributed by atoms with van der Waals surface area (Å²) in [6, 6.07) is 77.7. The number of hydrogen-bond donors (Lipinski definition) is 0. The largest absolute Gasteiger partial charge is 0.228 e. The Bertz CT molecular complexity index is 2940. The Labute approximate surface area is 327 Å². The van der Waals surface area contributed by atoms with Crippen LogP contribution in [0.15, 0.2) is 218 Å². The lowest BCUT2D eigenvalue weighted by Crippen LogP contribution is -1.95. The Hall–Kier alpha value is -7.42. The average molecular weight is 713 g/mol. The average Bonchev–Trinajstić information content (AvgIpc) is 3.29. The fourth-order valence-electron chi connectivity index (χ4n) is 7.82. The van der Waals surface area contributed by atoms with Crippen molar-refractivity contribution in [2.24, 2.45) is 0 Å². The Balaban J connectivity index is 1.02. The third-order valence-corrected chi connectivity index (χ3v) is 10.7. The molecule has 0 N–H and O–H groups in total. The zero-order valence-corrected chi connectivity index (χ0v) is 30.7. The van der Waals surface area contributed by atoms with Gasteiger partial charge in [0, 0.05) is 16.5 Å². The maximum Gasteiger partial charge on any atom is 0.160 e. The van der Waals surface area contributed by atoms with Gasteiger partial charge in [-0.05, 0) is 103 Å². The summed E-state index contributed by atoms with van der Waals surface area (Å²) >= 11 is 0. The Morgan fingerprint density at radius 2 is 0.696 bits per heavy atom. The molecule has 56 heavy (non-hydrogen) atoms. The summed E-state index contributed by atoms with van der Waals surface area (Å²) < 4.78 is 0. The molecule has 9 aromatic carbocycles. The first-order chi connectivity index (χ1) is 27.7. The van der Waals surface area contributed by atoms with E-state index in [4.69, 9.17) is 9.97 Å². The molecule has 0 saturated heterocycles. The standard InChI is InChI=1S/C54H36N2/c1-3-14-37(15-4-1)46-34-47(38-16-5-2-6-17-38)36-48(35-46)44-22-11-20-42(32-44)43-21-12-23-45(33-43)54-55-52-27-10-9-25-51(52)53(56-54)41-30-28-40(29-31-41)50-26-13-19-39-18-7-8-24-49(39)50/h1-36H. The predicted octanol–water partition coefficient (Wildman–Crippen LogP) is 14.5. The third kappa shape index (κ3) is 6.44. The first-order valence-electron chi connectivity index (χ1n) is 19.1. The monoisotopic (exact) mass is 712 g/mol. The topological polar surface area (TPSA) is 25.8 Å². The van der Waals surface area contributed by atoms with Crippen LogP contribution in [0.5, 0.6) is 0 Å². The van der Waals surface area contributed by atoms with E-state index in [1.54, 1.807) is 0 Å². The summed E-state index contributed by atoms with van der Waals surface area (Å²) in [6.45, 7) is 0. The van der Waals surface area contributed by atoms with Crippen LogP contribution in [-0.2, 0) is 0 Å². The number of rotatable bonds is 7. The van der Waals surface area contributed by atoms with Gasteiger partial charge < -0.3 is 0 Å². The summed E-state index contributed by atoms with van der Waals surface area (Å²) in [5.41, 5.74) is 15.7. The Morgan fingerprint density at radius 3 is 1.38 bits per heavy atom. The van der Waals surface area contributed by atoms with Crippen molar-refractivity contribution in [3.8, 4) is 78.3 Å². The van der Waals surface area contributed by atoms with Crippen LogP contribution in [0.3, 0.4) is 0 Å². The molecule has 0 saturated carbocycles. The molecule has 0 amide bonds. The van der Waals surface area contributed by atoms with Gasteiger partial charge in [0.2, 0.25) is 0 Å². The van der Waals surface area contributed by atoms with E-state index in [0.29, 0.717) is 5.82 Å². The first-order valence-corrected chi connectivity index (χ1v) is 19.1. The van der Waals surface area contributed by atoms with Crippen LogP contribution in [0.4, 0.5) is 0 Å². The summed E-state index contributed by atoms with van der Waals surface area (Å²) in [5.74, 6) is 0.706. The fourth-order valence-corrected chi connectivity index (χ4v) is 7.82. The lowest BCUT2D eigenvalue weighted by atomic mass is 9.92. The normalized spacial score (nSPS) is 11.2. The van der Waals surface area contributed by atoms with Gasteiger partial charge in [0.25, 0.3) is 0 Å². The minimum absolute atomic E-state index is 0.706. The second-order valence-electron chi connectivity index (χ2n) is 14.2. The van der Waals surface area contributed by atoms with Gasteiger partial charge in [-0.25, -0.2) is 9.97 Å². The molecule has 1 aromatic heterocycles. The zero-order valence-electron chi connectivity index (χ0n) is 30.7. The molecule has 0 aliphatic carbocycles. The highest BCUT2D eigenvalue weighted by Gasteiger charge is 2.14. The molecule has 0 fully saturated rings. The molecule has 262 valence electrons. The smallest absolute Gasteiger partial charge is 0.160 e. The lowest BCUT2D eigenvalue weighted by molar-refractivity contribution is 1.23. The number of hydrogen-bond acceptors (Lipinski definition) is 2. The number of aromatic nitrogens is 2. The fraction of sp³-hybridized carbons (Fsp3) is 0. The van der Waals surface area contributed by atoms with Crippen molar-refractivity contribution in [1.82, 2.24) is 9.97 Å². The van der Waals surface area contributed by atoms with Crippen LogP contribution in [0.1, 0.15) is 0 Å². The van der Waals surface area contributed by atoms with Gasteiger partial charge in [0.05, 0.1) is 11.2 Å². The van der Waals surface area contributed by atoms with E-state index in [2.05, 4.69) is 212 Å². The molecule has 0 aliphatic rings. The number of benzene rings is 9. The van der Waals surface area contributed by atoms with E-state index in [0.717, 1.165) is 38.9 Å². The van der Waals surface area contributed by atoms with E-state index < -0.39 is 0 Å². The van der Waals surface area contributed by atoms with Gasteiger partial charge >= 0.3 is 0 Å². The van der Waals surface area contributed by atoms with Gasteiger partial charge in [0.15, 0.2) is 5.82 Å². The second kappa shape index (κ2) is 14.4. The molecule has 0 atom stereocenters. The molecule has 0 spiro atoms. The van der Waals surface area contributed by atoms with Gasteiger partial charge in [0.1, 0.15) is 0 Å². The molecular weight excluding hydrogens is 677 g/mol. The van der Waals surface area contributed by atoms with Gasteiger partial charge in [-0.1, -0.05) is 182 Å². The second-order valence-corrected chi connectivity index (χ2v) is 14.2. The number of para-hydroxylation sites is 1. The SMILES string of the molecule is c1ccc(-c2cc(-c3ccccc3)cc(-c3cccc(-c4cccc(-c5nc(-c6ccc(-c7cccc8ccccc78)cc6)c6ccccc6n5)c4)c3)c2)cc1. The predicted molar refractivity (Wildman–Crippen MR) is 235 cm³/mol. The lowest BCUT2D eigenvalue weighted by Gasteiger charge is -2.13. The molecule has 0 radical (unpaired) electrons. The minimum atomic E-state index is 0.706. The van der Waals surface area contributed by atoms with Crippen molar-refractivity contribution < 1.29 is 0 Å². The van der Waals surface area contributed by atoms with E-state index in [1.807, 2.05) is 6.07 Å². The first kappa shape index (κ1) is 33.2. The molecule has 0 unspecified atom stereocenters. The van der Waals surface area contributed by atoms with Crippen LogP contribution < -0.4 is 0 Å². The molecule has 0 bridgehead atoms. The van der Waals surface area contributed by atoms with Crippen molar-refractivity contribution in [3.05, 3.63) is 218 Å². The summed E-state index contributed by atoms with van der Waals surface area (Å²) in [5, 5.41) is 3.52. The van der Waals surface area contributed by atoms with Gasteiger partial charge in [-0.15, -0.1) is 0 Å². The van der Waals surface area contributed by atoms with Crippen LogP contribution >= 0.6 is 0 Å². The van der Waals surface area contributed by atoms with Crippen molar-refractivity contribution in [2.45, 2.75) is 0 Å². The van der Waals surface area contributed by atoms with Gasteiger partial charge in [-0.2, -0.15) is 0 Å². The van der Waals surface area contributed by atoms with Crippen molar-refractivity contribution in [3.63, 3.8) is 0 Å². The highest BCUT2D eigenvalue weighted by atomic mass is 14.9. The van der Waals surface area contributed by atoms with Crippen LogP contribution in [0.25, 0.3) is 100.0 Å². The zero-order chi connectivity index (χ0) is 37.3. The molecule has 1 heterocycles. The number of nitrogens with zero attached hydrogens (tertiary/aromatic N) is 2.